The number of unbranched alkanes of at least 4 members (excludes halogenated alkanes) is 2. The summed E-state index contributed by atoms with van der Waals surface area (Å²) >= 11 is 5.06. The van der Waals surface area contributed by atoms with Gasteiger partial charge in [0.15, 0.2) is 17.2 Å². The van der Waals surface area contributed by atoms with Crippen LogP contribution in [0.5, 0.6) is 0 Å². The maximum atomic E-state index is 9.77. The van der Waals surface area contributed by atoms with Crippen molar-refractivity contribution >= 4 is 23.6 Å². The highest BCUT2D eigenvalue weighted by atomic mass is 32.1. The molecule has 0 aromatic carbocycles. The highest BCUT2D eigenvalue weighted by molar-refractivity contribution is 7.80. The second-order valence-electron chi connectivity index (χ2n) is 4.02. The molecule has 5 heteroatoms. The Morgan fingerprint density at radius 1 is 1.26 bits per heavy atom. The van der Waals surface area contributed by atoms with Gasteiger partial charge in [-0.1, -0.05) is 26.7 Å². The number of hydrogen-bond donors (Lipinski definition) is 2. The van der Waals surface area contributed by atoms with Gasteiger partial charge in [0.2, 0.25) is 0 Å². The third kappa shape index (κ3) is 11.5. The van der Waals surface area contributed by atoms with E-state index in [1.165, 1.54) is 31.9 Å². The molecule has 2 N–H and O–H groups in total. The standard InChI is InChI=1S/C9H20N2S.C5H4O2/c1-3-5-7-10-9(12)11-8-6-4-2;6-4-5-2-1-3-7-5/h3-8H2,1-2H3,(H2,10,11,12);1-4H. The second kappa shape index (κ2) is 13.1. The van der Waals surface area contributed by atoms with Gasteiger partial charge in [-0.2, -0.15) is 0 Å². The minimum atomic E-state index is 0.375. The van der Waals surface area contributed by atoms with Crippen LogP contribution in [0.3, 0.4) is 0 Å². The monoisotopic (exact) mass is 284 g/mol. The normalized spacial score (nSPS) is 9.16. The van der Waals surface area contributed by atoms with Crippen molar-refractivity contribution in [3.63, 3.8) is 0 Å². The molecule has 0 radical (unpaired) electrons. The first-order valence-electron chi connectivity index (χ1n) is 6.74. The predicted molar refractivity (Wildman–Crippen MR) is 82.5 cm³/mol. The third-order valence-electron chi connectivity index (χ3n) is 2.29. The summed E-state index contributed by atoms with van der Waals surface area (Å²) in [6.45, 7) is 6.34. The molecule has 0 aliphatic carbocycles. The molecule has 0 spiro atoms. The number of rotatable bonds is 7. The molecule has 0 amide bonds. The van der Waals surface area contributed by atoms with Crippen LogP contribution >= 0.6 is 12.2 Å². The maximum absolute atomic E-state index is 9.77. The summed E-state index contributed by atoms with van der Waals surface area (Å²) in [7, 11) is 0. The van der Waals surface area contributed by atoms with Crippen LogP contribution in [0.2, 0.25) is 0 Å². The van der Waals surface area contributed by atoms with E-state index in [9.17, 15) is 4.79 Å². The molecule has 1 aromatic heterocycles. The minimum absolute atomic E-state index is 0.375. The Morgan fingerprint density at radius 2 is 1.84 bits per heavy atom. The first-order valence-corrected chi connectivity index (χ1v) is 7.15. The lowest BCUT2D eigenvalue weighted by atomic mass is 10.3. The molecule has 0 bridgehead atoms. The summed E-state index contributed by atoms with van der Waals surface area (Å²) in [6, 6.07) is 3.27. The summed E-state index contributed by atoms with van der Waals surface area (Å²) in [5, 5.41) is 7.13. The van der Waals surface area contributed by atoms with Crippen LogP contribution in [0.1, 0.15) is 50.1 Å². The average Bonchev–Trinajstić information content (AvgIpc) is 2.93. The number of thiocarbonyl (C=S) groups is 1. The average molecular weight is 284 g/mol. The molecule has 1 rings (SSSR count). The molecule has 0 saturated heterocycles. The Labute approximate surface area is 121 Å². The van der Waals surface area contributed by atoms with Gasteiger partial charge in [0, 0.05) is 13.1 Å². The first kappa shape index (κ1) is 17.6. The lowest BCUT2D eigenvalue weighted by Crippen LogP contribution is -2.36. The summed E-state index contributed by atoms with van der Waals surface area (Å²) < 4.78 is 4.61. The highest BCUT2D eigenvalue weighted by Gasteiger charge is 1.91. The molecule has 108 valence electrons. The lowest BCUT2D eigenvalue weighted by Gasteiger charge is -2.08. The van der Waals surface area contributed by atoms with Gasteiger partial charge in [0.05, 0.1) is 6.26 Å². The van der Waals surface area contributed by atoms with Crippen molar-refractivity contribution in [2.45, 2.75) is 39.5 Å². The fourth-order valence-corrected chi connectivity index (χ4v) is 1.38. The Hall–Kier alpha value is -1.36. The van der Waals surface area contributed by atoms with E-state index in [0.717, 1.165) is 18.2 Å². The van der Waals surface area contributed by atoms with Crippen LogP contribution in [0.25, 0.3) is 0 Å². The summed E-state index contributed by atoms with van der Waals surface area (Å²) in [5.41, 5.74) is 0. The van der Waals surface area contributed by atoms with Crippen LogP contribution in [-0.2, 0) is 0 Å². The van der Waals surface area contributed by atoms with Crippen molar-refractivity contribution in [1.29, 1.82) is 0 Å². The molecule has 0 atom stereocenters. The molecule has 1 heterocycles. The number of nitrogens with one attached hydrogen (secondary N) is 2. The predicted octanol–water partition coefficient (Wildman–Crippen LogP) is 3.14. The Kier molecular flexibility index (Phi) is 12.1. The van der Waals surface area contributed by atoms with E-state index in [1.807, 2.05) is 0 Å². The van der Waals surface area contributed by atoms with Gasteiger partial charge in [-0.05, 0) is 37.2 Å². The van der Waals surface area contributed by atoms with Gasteiger partial charge in [-0.15, -0.1) is 0 Å². The molecule has 4 nitrogen and oxygen atoms in total. The molecule has 19 heavy (non-hydrogen) atoms. The number of aldehydes is 1. The summed E-state index contributed by atoms with van der Waals surface area (Å²) in [6.07, 6.45) is 6.93. The van der Waals surface area contributed by atoms with Crippen molar-refractivity contribution < 1.29 is 9.21 Å². The van der Waals surface area contributed by atoms with Crippen LogP contribution in [0.15, 0.2) is 22.8 Å². The van der Waals surface area contributed by atoms with E-state index in [-0.39, 0.29) is 0 Å². The molecule has 0 aliphatic heterocycles. The van der Waals surface area contributed by atoms with Crippen LogP contribution < -0.4 is 10.6 Å². The van der Waals surface area contributed by atoms with Crippen molar-refractivity contribution in [3.05, 3.63) is 24.2 Å². The highest BCUT2D eigenvalue weighted by Crippen LogP contribution is 1.92. The maximum Gasteiger partial charge on any atom is 0.185 e. The summed E-state index contributed by atoms with van der Waals surface area (Å²) in [5.74, 6) is 0.375. The van der Waals surface area contributed by atoms with E-state index in [4.69, 9.17) is 12.2 Å². The fourth-order valence-electron chi connectivity index (χ4n) is 1.18. The SMILES string of the molecule is CCCCNC(=S)NCCCC.O=Cc1ccco1. The molecular formula is C14H24N2O2S. The van der Waals surface area contributed by atoms with Crippen LogP contribution in [-0.4, -0.2) is 24.5 Å². The van der Waals surface area contributed by atoms with Crippen molar-refractivity contribution in [2.75, 3.05) is 13.1 Å². The molecule has 0 fully saturated rings. The zero-order chi connectivity index (χ0) is 14.3. The minimum Gasteiger partial charge on any atom is -0.462 e. The van der Waals surface area contributed by atoms with E-state index in [0.29, 0.717) is 12.0 Å². The zero-order valence-electron chi connectivity index (χ0n) is 11.8. The van der Waals surface area contributed by atoms with E-state index >= 15 is 0 Å². The number of carbonyl (C=O) groups is 1. The van der Waals surface area contributed by atoms with Gasteiger partial charge in [0.25, 0.3) is 0 Å². The largest absolute Gasteiger partial charge is 0.462 e. The molecule has 1 aromatic rings. The van der Waals surface area contributed by atoms with E-state index < -0.39 is 0 Å². The molecule has 0 unspecified atom stereocenters. The van der Waals surface area contributed by atoms with Crippen molar-refractivity contribution in [3.8, 4) is 0 Å². The Balaban J connectivity index is 0.000000388. The van der Waals surface area contributed by atoms with Gasteiger partial charge in [-0.3, -0.25) is 4.79 Å². The van der Waals surface area contributed by atoms with Gasteiger partial charge >= 0.3 is 0 Å². The molecule has 0 saturated carbocycles. The number of furan rings is 1. The van der Waals surface area contributed by atoms with Crippen LogP contribution in [0.4, 0.5) is 0 Å². The van der Waals surface area contributed by atoms with Gasteiger partial charge in [-0.25, -0.2) is 0 Å². The van der Waals surface area contributed by atoms with Gasteiger partial charge in [0.1, 0.15) is 0 Å². The molecular weight excluding hydrogens is 260 g/mol. The lowest BCUT2D eigenvalue weighted by molar-refractivity contribution is 0.110. The quantitative estimate of drug-likeness (QED) is 0.458. The first-order chi connectivity index (χ1) is 9.24. The van der Waals surface area contributed by atoms with E-state index in [2.05, 4.69) is 28.9 Å². The Morgan fingerprint density at radius 3 is 2.16 bits per heavy atom. The topological polar surface area (TPSA) is 54.3 Å². The molecule has 0 aliphatic rings. The van der Waals surface area contributed by atoms with Crippen molar-refractivity contribution in [2.24, 2.45) is 0 Å². The fraction of sp³-hybridized carbons (Fsp3) is 0.571. The van der Waals surface area contributed by atoms with Gasteiger partial charge < -0.3 is 15.1 Å². The number of hydrogen-bond acceptors (Lipinski definition) is 3. The Bertz CT molecular complexity index is 314. The van der Waals surface area contributed by atoms with E-state index in [1.54, 1.807) is 12.1 Å². The third-order valence-corrected chi connectivity index (χ3v) is 2.58. The number of carbonyl (C=O) groups excluding carboxylic acids is 1. The summed E-state index contributed by atoms with van der Waals surface area (Å²) in [4.78, 5) is 9.77. The van der Waals surface area contributed by atoms with Crippen LogP contribution in [0, 0.1) is 0 Å². The van der Waals surface area contributed by atoms with Crippen molar-refractivity contribution in [1.82, 2.24) is 10.6 Å². The smallest absolute Gasteiger partial charge is 0.185 e. The zero-order valence-corrected chi connectivity index (χ0v) is 12.6. The second-order valence-corrected chi connectivity index (χ2v) is 4.43.